The molecule has 0 aromatic rings. The zero-order chi connectivity index (χ0) is 10.1. The monoisotopic (exact) mass is 185 g/mol. The smallest absolute Gasteiger partial charge is 0.306 e. The maximum Gasteiger partial charge on any atom is 0.306 e. The third-order valence-electron chi connectivity index (χ3n) is 2.04. The van der Waals surface area contributed by atoms with Gasteiger partial charge in [-0.05, 0) is 19.8 Å². The van der Waals surface area contributed by atoms with Crippen LogP contribution in [0.25, 0.3) is 0 Å². The summed E-state index contributed by atoms with van der Waals surface area (Å²) in [4.78, 5) is 11.1. The molecule has 13 heavy (non-hydrogen) atoms. The Morgan fingerprint density at radius 2 is 2.08 bits per heavy atom. The average Bonchev–Trinajstić information content (AvgIpc) is 2.12. The van der Waals surface area contributed by atoms with E-state index in [-0.39, 0.29) is 12.1 Å². The van der Waals surface area contributed by atoms with Crippen LogP contribution in [0.15, 0.2) is 0 Å². The van der Waals surface area contributed by atoms with Gasteiger partial charge in [-0.15, -0.1) is 0 Å². The molecule has 0 aliphatic carbocycles. The zero-order valence-electron chi connectivity index (χ0n) is 8.84. The van der Waals surface area contributed by atoms with E-state index in [0.717, 1.165) is 32.1 Å². The summed E-state index contributed by atoms with van der Waals surface area (Å²) in [6.45, 7) is 7.69. The molecule has 0 aliphatic rings. The van der Waals surface area contributed by atoms with E-state index in [4.69, 9.17) is 4.74 Å². The molecule has 1 radical (unpaired) electrons. The Balaban J connectivity index is 3.30. The van der Waals surface area contributed by atoms with Crippen LogP contribution >= 0.6 is 0 Å². The summed E-state index contributed by atoms with van der Waals surface area (Å²) in [6.07, 6.45) is 5.61. The molecule has 0 fully saturated rings. The molecule has 0 amide bonds. The van der Waals surface area contributed by atoms with Gasteiger partial charge in [0.2, 0.25) is 0 Å². The van der Waals surface area contributed by atoms with Gasteiger partial charge in [0.25, 0.3) is 0 Å². The number of esters is 1. The molecule has 0 aromatic heterocycles. The first-order valence-electron chi connectivity index (χ1n) is 5.19. The van der Waals surface area contributed by atoms with E-state index < -0.39 is 0 Å². The molecule has 1 unspecified atom stereocenters. The van der Waals surface area contributed by atoms with Crippen molar-refractivity contribution in [2.75, 3.05) is 0 Å². The predicted molar refractivity (Wildman–Crippen MR) is 54.3 cm³/mol. The molecule has 0 bridgehead atoms. The zero-order valence-corrected chi connectivity index (χ0v) is 8.84. The van der Waals surface area contributed by atoms with Crippen LogP contribution in [0, 0.1) is 6.92 Å². The van der Waals surface area contributed by atoms with Crippen molar-refractivity contribution in [3.05, 3.63) is 6.92 Å². The van der Waals surface area contributed by atoms with Gasteiger partial charge in [0, 0.05) is 6.42 Å². The molecule has 1 atom stereocenters. The van der Waals surface area contributed by atoms with Crippen LogP contribution in [0.2, 0.25) is 0 Å². The van der Waals surface area contributed by atoms with E-state index >= 15 is 0 Å². The lowest BCUT2D eigenvalue weighted by molar-refractivity contribution is -0.148. The number of rotatable bonds is 7. The van der Waals surface area contributed by atoms with Gasteiger partial charge in [-0.1, -0.05) is 33.1 Å². The van der Waals surface area contributed by atoms with Crippen molar-refractivity contribution in [3.8, 4) is 0 Å². The van der Waals surface area contributed by atoms with Crippen molar-refractivity contribution >= 4 is 5.97 Å². The molecular weight excluding hydrogens is 164 g/mol. The van der Waals surface area contributed by atoms with E-state index in [2.05, 4.69) is 6.92 Å². The van der Waals surface area contributed by atoms with E-state index in [1.807, 2.05) is 13.8 Å². The van der Waals surface area contributed by atoms with Gasteiger partial charge in [0.1, 0.15) is 0 Å². The summed E-state index contributed by atoms with van der Waals surface area (Å²) in [5, 5.41) is 0. The maximum atomic E-state index is 11.1. The van der Waals surface area contributed by atoms with Crippen LogP contribution in [0.3, 0.4) is 0 Å². The van der Waals surface area contributed by atoms with Crippen molar-refractivity contribution in [3.63, 3.8) is 0 Å². The minimum Gasteiger partial charge on any atom is -0.463 e. The van der Waals surface area contributed by atoms with Gasteiger partial charge in [0.15, 0.2) is 0 Å². The van der Waals surface area contributed by atoms with E-state index in [9.17, 15) is 4.79 Å². The first kappa shape index (κ1) is 12.5. The van der Waals surface area contributed by atoms with Gasteiger partial charge >= 0.3 is 5.97 Å². The quantitative estimate of drug-likeness (QED) is 0.450. The number of hydrogen-bond acceptors (Lipinski definition) is 2. The fraction of sp³-hybridized carbons (Fsp3) is 0.818. The topological polar surface area (TPSA) is 26.3 Å². The second kappa shape index (κ2) is 8.09. The third kappa shape index (κ3) is 7.82. The second-order valence-electron chi connectivity index (χ2n) is 3.37. The standard InChI is InChI=1S/C11H21O2/c1-4-6-7-8-9-11(12)13-10(3)5-2/h10H,1,4-9H2,2-3H3. The van der Waals surface area contributed by atoms with E-state index in [1.54, 1.807) is 0 Å². The first-order valence-corrected chi connectivity index (χ1v) is 5.19. The van der Waals surface area contributed by atoms with Gasteiger partial charge in [0.05, 0.1) is 6.10 Å². The van der Waals surface area contributed by atoms with Crippen molar-refractivity contribution in [1.82, 2.24) is 0 Å². The lowest BCUT2D eigenvalue weighted by Crippen LogP contribution is -2.13. The van der Waals surface area contributed by atoms with Crippen LogP contribution < -0.4 is 0 Å². The summed E-state index contributed by atoms with van der Waals surface area (Å²) in [5.41, 5.74) is 0. The third-order valence-corrected chi connectivity index (χ3v) is 2.04. The summed E-state index contributed by atoms with van der Waals surface area (Å²) >= 11 is 0. The van der Waals surface area contributed by atoms with Crippen LogP contribution in [0.5, 0.6) is 0 Å². The highest BCUT2D eigenvalue weighted by molar-refractivity contribution is 5.69. The Morgan fingerprint density at radius 3 is 2.62 bits per heavy atom. The highest BCUT2D eigenvalue weighted by Gasteiger charge is 2.06. The molecular formula is C11H21O2. The molecule has 0 saturated heterocycles. The molecule has 0 saturated carbocycles. The van der Waals surface area contributed by atoms with Gasteiger partial charge < -0.3 is 4.74 Å². The Kier molecular flexibility index (Phi) is 7.76. The number of carbonyl (C=O) groups excluding carboxylic acids is 1. The first-order chi connectivity index (χ1) is 6.20. The molecule has 0 heterocycles. The predicted octanol–water partition coefficient (Wildman–Crippen LogP) is 3.11. The van der Waals surface area contributed by atoms with E-state index in [1.165, 1.54) is 0 Å². The number of hydrogen-bond donors (Lipinski definition) is 0. The van der Waals surface area contributed by atoms with Crippen LogP contribution in [-0.4, -0.2) is 12.1 Å². The minimum atomic E-state index is -0.0570. The Labute approximate surface area is 81.7 Å². The molecule has 0 N–H and O–H groups in total. The summed E-state index contributed by atoms with van der Waals surface area (Å²) in [6, 6.07) is 0. The number of unbranched alkanes of at least 4 members (excludes halogenated alkanes) is 3. The largest absolute Gasteiger partial charge is 0.463 e. The van der Waals surface area contributed by atoms with Crippen molar-refractivity contribution in [2.24, 2.45) is 0 Å². The maximum absolute atomic E-state index is 11.1. The molecule has 2 heteroatoms. The molecule has 0 aromatic carbocycles. The molecule has 77 valence electrons. The van der Waals surface area contributed by atoms with Gasteiger partial charge in [-0.25, -0.2) is 0 Å². The van der Waals surface area contributed by atoms with Crippen molar-refractivity contribution in [1.29, 1.82) is 0 Å². The fourth-order valence-electron chi connectivity index (χ4n) is 0.990. The molecule has 2 nitrogen and oxygen atoms in total. The Bertz CT molecular complexity index is 132. The van der Waals surface area contributed by atoms with Gasteiger partial charge in [-0.3, -0.25) is 4.79 Å². The highest BCUT2D eigenvalue weighted by atomic mass is 16.5. The van der Waals surface area contributed by atoms with Gasteiger partial charge in [-0.2, -0.15) is 0 Å². The summed E-state index contributed by atoms with van der Waals surface area (Å²) in [5.74, 6) is -0.0570. The fourth-order valence-corrected chi connectivity index (χ4v) is 0.990. The average molecular weight is 185 g/mol. The normalized spacial score (nSPS) is 12.5. The lowest BCUT2D eigenvalue weighted by atomic mass is 10.1. The SMILES string of the molecule is [CH2]CCCCCC(=O)OC(C)CC. The molecule has 0 spiro atoms. The van der Waals surface area contributed by atoms with Crippen molar-refractivity contribution in [2.45, 2.75) is 58.5 Å². The van der Waals surface area contributed by atoms with Crippen molar-refractivity contribution < 1.29 is 9.53 Å². The second-order valence-corrected chi connectivity index (χ2v) is 3.37. The van der Waals surface area contributed by atoms with Crippen LogP contribution in [0.1, 0.15) is 52.4 Å². The van der Waals surface area contributed by atoms with Crippen LogP contribution in [-0.2, 0) is 9.53 Å². The minimum absolute atomic E-state index is 0.0570. The lowest BCUT2D eigenvalue weighted by Gasteiger charge is -2.10. The summed E-state index contributed by atoms with van der Waals surface area (Å²) in [7, 11) is 0. The molecule has 0 aliphatic heterocycles. The Hall–Kier alpha value is -0.530. The number of carbonyl (C=O) groups is 1. The Morgan fingerprint density at radius 1 is 1.38 bits per heavy atom. The van der Waals surface area contributed by atoms with E-state index in [0.29, 0.717) is 6.42 Å². The summed E-state index contributed by atoms with van der Waals surface area (Å²) < 4.78 is 5.13. The highest BCUT2D eigenvalue weighted by Crippen LogP contribution is 2.05. The number of ether oxygens (including phenoxy) is 1. The molecule has 0 rings (SSSR count). The van der Waals surface area contributed by atoms with Crippen LogP contribution in [0.4, 0.5) is 0 Å².